The van der Waals surface area contributed by atoms with Crippen LogP contribution >= 0.6 is 0 Å². The Morgan fingerprint density at radius 1 is 0.830 bits per heavy atom. The fourth-order valence-corrected chi connectivity index (χ4v) is 5.42. The molecule has 47 heavy (non-hydrogen) atoms. The second-order valence-electron chi connectivity index (χ2n) is 11.1. The lowest BCUT2D eigenvalue weighted by molar-refractivity contribution is -0.118. The van der Waals surface area contributed by atoms with Crippen molar-refractivity contribution in [1.82, 2.24) is 31.1 Å². The molecule has 0 aliphatic rings. The smallest absolute Gasteiger partial charge is 0.320 e. The molecule has 3 aromatic carbocycles. The van der Waals surface area contributed by atoms with Crippen LogP contribution in [-0.4, -0.2) is 59.5 Å². The maximum absolute atomic E-state index is 11.1. The van der Waals surface area contributed by atoms with Crippen molar-refractivity contribution >= 4 is 17.6 Å². The van der Waals surface area contributed by atoms with Crippen molar-refractivity contribution in [3.63, 3.8) is 0 Å². The zero-order chi connectivity index (χ0) is 33.2. The number of nitrogens with zero attached hydrogens (tertiary/aromatic N) is 3. The van der Waals surface area contributed by atoms with Gasteiger partial charge in [0.1, 0.15) is 0 Å². The van der Waals surface area contributed by atoms with Crippen molar-refractivity contribution in [1.29, 1.82) is 0 Å². The largest absolute Gasteiger partial charge is 0.481 e. The standard InChI is InChI=1S/C36H41N7O4/c1-23-29(10-6-12-31(23)33-15-14-27(34(41-33)46-4)22-37-16-17-39-25(3)45)30-11-7-13-32(24(30)2)35-42-43-36(47-35)40-28-9-5-8-26(20-28)21-38-18-19-44/h5-15,20,37-38,44H,16-19,21-22H2,1-4H3,(H,39,45)(H,40,43). The van der Waals surface area contributed by atoms with Crippen LogP contribution in [0.15, 0.2) is 77.2 Å². The number of ether oxygens (including phenoxy) is 1. The summed E-state index contributed by atoms with van der Waals surface area (Å²) in [6, 6.07) is 24.5. The average Bonchev–Trinajstić information content (AvgIpc) is 3.53. The third-order valence-electron chi connectivity index (χ3n) is 7.81. The fraction of sp³-hybridized carbons (Fsp3) is 0.278. The number of rotatable bonds is 15. The first-order valence-electron chi connectivity index (χ1n) is 15.6. The number of benzene rings is 3. The molecule has 0 unspecified atom stereocenters. The second kappa shape index (κ2) is 15.9. The van der Waals surface area contributed by atoms with Gasteiger partial charge in [-0.2, -0.15) is 0 Å². The van der Waals surface area contributed by atoms with Gasteiger partial charge < -0.3 is 35.5 Å². The van der Waals surface area contributed by atoms with E-state index in [9.17, 15) is 4.79 Å². The monoisotopic (exact) mass is 635 g/mol. The summed E-state index contributed by atoms with van der Waals surface area (Å²) >= 11 is 0. The van der Waals surface area contributed by atoms with Crippen LogP contribution in [0.4, 0.5) is 11.7 Å². The Balaban J connectivity index is 1.35. The number of hydrogen-bond acceptors (Lipinski definition) is 10. The van der Waals surface area contributed by atoms with Gasteiger partial charge in [-0.25, -0.2) is 4.98 Å². The number of anilines is 2. The fourth-order valence-electron chi connectivity index (χ4n) is 5.42. The van der Waals surface area contributed by atoms with Crippen LogP contribution < -0.4 is 26.0 Å². The lowest BCUT2D eigenvalue weighted by atomic mass is 9.90. The Kier molecular flexibility index (Phi) is 11.3. The van der Waals surface area contributed by atoms with Crippen LogP contribution in [0.5, 0.6) is 5.88 Å². The number of amides is 1. The molecule has 0 radical (unpaired) electrons. The number of nitrogens with one attached hydrogen (secondary N) is 4. The highest BCUT2D eigenvalue weighted by atomic mass is 16.5. The van der Waals surface area contributed by atoms with E-state index in [4.69, 9.17) is 19.2 Å². The van der Waals surface area contributed by atoms with Gasteiger partial charge in [0.2, 0.25) is 17.7 Å². The van der Waals surface area contributed by atoms with Gasteiger partial charge in [0, 0.05) is 62.0 Å². The van der Waals surface area contributed by atoms with E-state index < -0.39 is 0 Å². The number of methoxy groups -OCH3 is 1. The quantitative estimate of drug-likeness (QED) is 0.0980. The first-order chi connectivity index (χ1) is 22.9. The molecule has 1 amide bonds. The number of aromatic nitrogens is 3. The molecule has 244 valence electrons. The molecule has 11 heteroatoms. The molecule has 0 saturated carbocycles. The first-order valence-corrected chi connectivity index (χ1v) is 15.6. The molecular formula is C36H41N7O4. The van der Waals surface area contributed by atoms with Crippen molar-refractivity contribution in [2.24, 2.45) is 0 Å². The third kappa shape index (κ3) is 8.39. The SMILES string of the molecule is COc1nc(-c2cccc(-c3cccc(-c4nnc(Nc5cccc(CNCCO)c5)o4)c3C)c2C)ccc1CNCCNC(C)=O. The molecular weight excluding hydrogens is 594 g/mol. The number of aliphatic hydroxyl groups is 1. The summed E-state index contributed by atoms with van der Waals surface area (Å²) in [5, 5.41) is 30.1. The minimum absolute atomic E-state index is 0.0473. The lowest BCUT2D eigenvalue weighted by Crippen LogP contribution is -2.30. The van der Waals surface area contributed by atoms with Gasteiger partial charge in [-0.05, 0) is 65.9 Å². The zero-order valence-corrected chi connectivity index (χ0v) is 27.2. The predicted molar refractivity (Wildman–Crippen MR) is 183 cm³/mol. The first kappa shape index (κ1) is 33.3. The molecule has 0 bridgehead atoms. The number of hydrogen-bond donors (Lipinski definition) is 5. The normalized spacial score (nSPS) is 11.0. The van der Waals surface area contributed by atoms with E-state index in [-0.39, 0.29) is 12.5 Å². The van der Waals surface area contributed by atoms with E-state index in [2.05, 4.69) is 63.5 Å². The Labute approximate surface area is 274 Å². The van der Waals surface area contributed by atoms with Crippen LogP contribution in [0.2, 0.25) is 0 Å². The van der Waals surface area contributed by atoms with E-state index in [0.717, 1.165) is 55.9 Å². The van der Waals surface area contributed by atoms with Crippen molar-refractivity contribution in [2.75, 3.05) is 38.7 Å². The topological polar surface area (TPSA) is 146 Å². The summed E-state index contributed by atoms with van der Waals surface area (Å²) in [6.45, 7) is 8.72. The Morgan fingerprint density at radius 2 is 1.53 bits per heavy atom. The van der Waals surface area contributed by atoms with Crippen LogP contribution in [0, 0.1) is 13.8 Å². The number of carbonyl (C=O) groups excluding carboxylic acids is 1. The molecule has 0 saturated heterocycles. The summed E-state index contributed by atoms with van der Waals surface area (Å²) < 4.78 is 11.7. The molecule has 5 aromatic rings. The van der Waals surface area contributed by atoms with E-state index in [1.165, 1.54) is 6.92 Å². The van der Waals surface area contributed by atoms with Gasteiger partial charge in [0.25, 0.3) is 0 Å². The van der Waals surface area contributed by atoms with Crippen molar-refractivity contribution in [3.05, 3.63) is 95.1 Å². The van der Waals surface area contributed by atoms with E-state index in [0.29, 0.717) is 50.5 Å². The lowest BCUT2D eigenvalue weighted by Gasteiger charge is -2.16. The zero-order valence-electron chi connectivity index (χ0n) is 27.2. The van der Waals surface area contributed by atoms with Gasteiger partial charge in [0.05, 0.1) is 19.4 Å². The maximum atomic E-state index is 11.1. The highest BCUT2D eigenvalue weighted by Crippen LogP contribution is 2.37. The minimum Gasteiger partial charge on any atom is -0.481 e. The molecule has 5 rings (SSSR count). The molecule has 11 nitrogen and oxygen atoms in total. The van der Waals surface area contributed by atoms with E-state index >= 15 is 0 Å². The molecule has 0 atom stereocenters. The molecule has 0 aliphatic heterocycles. The van der Waals surface area contributed by atoms with Gasteiger partial charge in [-0.3, -0.25) is 4.79 Å². The molecule has 0 fully saturated rings. The summed E-state index contributed by atoms with van der Waals surface area (Å²) in [7, 11) is 1.62. The maximum Gasteiger partial charge on any atom is 0.320 e. The van der Waals surface area contributed by atoms with E-state index in [1.54, 1.807) is 7.11 Å². The molecule has 2 heterocycles. The van der Waals surface area contributed by atoms with Crippen molar-refractivity contribution in [3.8, 4) is 39.7 Å². The predicted octanol–water partition coefficient (Wildman–Crippen LogP) is 5.14. The summed E-state index contributed by atoms with van der Waals surface area (Å²) in [5.41, 5.74) is 9.76. The highest BCUT2D eigenvalue weighted by molar-refractivity contribution is 5.82. The summed E-state index contributed by atoms with van der Waals surface area (Å²) in [4.78, 5) is 15.9. The second-order valence-corrected chi connectivity index (χ2v) is 11.1. The Hall–Kier alpha value is -5.10. The van der Waals surface area contributed by atoms with E-state index in [1.807, 2.05) is 54.6 Å². The summed E-state index contributed by atoms with van der Waals surface area (Å²) in [6.07, 6.45) is 0. The molecule has 2 aromatic heterocycles. The molecule has 5 N–H and O–H groups in total. The van der Waals surface area contributed by atoms with Crippen molar-refractivity contribution in [2.45, 2.75) is 33.9 Å². The molecule has 0 aliphatic carbocycles. The van der Waals surface area contributed by atoms with Crippen molar-refractivity contribution < 1.29 is 19.1 Å². The van der Waals surface area contributed by atoms with Gasteiger partial charge >= 0.3 is 6.01 Å². The van der Waals surface area contributed by atoms with Gasteiger partial charge in [-0.1, -0.05) is 53.6 Å². The minimum atomic E-state index is -0.0473. The molecule has 0 spiro atoms. The van der Waals surface area contributed by atoms with Gasteiger partial charge in [0.15, 0.2) is 0 Å². The third-order valence-corrected chi connectivity index (χ3v) is 7.81. The average molecular weight is 636 g/mol. The van der Waals surface area contributed by atoms with Gasteiger partial charge in [-0.15, -0.1) is 5.10 Å². The summed E-state index contributed by atoms with van der Waals surface area (Å²) in [5.74, 6) is 0.937. The highest BCUT2D eigenvalue weighted by Gasteiger charge is 2.17. The Bertz CT molecular complexity index is 1820. The number of pyridine rings is 1. The number of carbonyl (C=O) groups is 1. The number of aliphatic hydroxyl groups excluding tert-OH is 1. The van der Waals surface area contributed by atoms with Crippen LogP contribution in [-0.2, 0) is 17.9 Å². The van der Waals surface area contributed by atoms with Crippen LogP contribution in [0.25, 0.3) is 33.8 Å². The van der Waals surface area contributed by atoms with Crippen LogP contribution in [0.3, 0.4) is 0 Å². The Morgan fingerprint density at radius 3 is 2.28 bits per heavy atom. The van der Waals surface area contributed by atoms with Crippen LogP contribution in [0.1, 0.15) is 29.2 Å².